The van der Waals surface area contributed by atoms with Gasteiger partial charge in [-0.1, -0.05) is 0 Å². The topological polar surface area (TPSA) is 173 Å². The number of amides is 2. The van der Waals surface area contributed by atoms with Crippen LogP contribution < -0.4 is 45.7 Å². The first kappa shape index (κ1) is 22.9. The number of carbonyl (C=O) groups excluding carboxylic acids is 3. The van der Waals surface area contributed by atoms with Crippen molar-refractivity contribution in [1.29, 1.82) is 0 Å². The number of carboxylic acid groups (broad SMARTS) is 2. The number of β-lactam (4-membered cyclic amide) rings is 1. The van der Waals surface area contributed by atoms with Gasteiger partial charge in [-0.15, -0.1) is 11.8 Å². The Morgan fingerprint density at radius 3 is 2.62 bits per heavy atom. The molecule has 1 fully saturated rings. The van der Waals surface area contributed by atoms with Gasteiger partial charge in [-0.25, -0.2) is 0 Å². The summed E-state index contributed by atoms with van der Waals surface area (Å²) < 4.78 is 0. The number of carbonyl (C=O) groups is 4. The van der Waals surface area contributed by atoms with Gasteiger partial charge < -0.3 is 31.2 Å². The van der Waals surface area contributed by atoms with Crippen molar-refractivity contribution >= 4 is 35.5 Å². The third-order valence-electron chi connectivity index (χ3n) is 3.98. The van der Waals surface area contributed by atoms with Gasteiger partial charge in [0.1, 0.15) is 17.5 Å². The van der Waals surface area contributed by atoms with Crippen molar-refractivity contribution in [2.45, 2.75) is 36.7 Å². The molecule has 0 aromatic carbocycles. The first-order chi connectivity index (χ1) is 11.8. The SMILES string of the molecule is N[C@H](CCCC(=O)N[C@@H]1C(=O)N2C(C(=O)[O-])=C(CO)CS[C@H]12)C(=O)O.[Na+]. The maximum Gasteiger partial charge on any atom is 1.00 e. The van der Waals surface area contributed by atoms with Gasteiger partial charge in [-0.2, -0.15) is 0 Å². The summed E-state index contributed by atoms with van der Waals surface area (Å²) in [6, 6.07) is -1.91. The minimum atomic E-state index is -1.55. The van der Waals surface area contributed by atoms with Crippen LogP contribution in [0.4, 0.5) is 0 Å². The van der Waals surface area contributed by atoms with Crippen molar-refractivity contribution in [3.63, 3.8) is 0 Å². The van der Waals surface area contributed by atoms with Gasteiger partial charge >= 0.3 is 35.5 Å². The molecule has 10 nitrogen and oxygen atoms in total. The van der Waals surface area contributed by atoms with E-state index in [1.807, 2.05) is 0 Å². The molecule has 0 radical (unpaired) electrons. The monoisotopic (exact) mass is 395 g/mol. The van der Waals surface area contributed by atoms with Gasteiger partial charge in [-0.3, -0.25) is 19.3 Å². The van der Waals surface area contributed by atoms with E-state index < -0.39 is 47.8 Å². The zero-order valence-electron chi connectivity index (χ0n) is 14.1. The molecule has 138 valence electrons. The molecule has 2 amide bonds. The van der Waals surface area contributed by atoms with Crippen LogP contribution in [0.2, 0.25) is 0 Å². The first-order valence-electron chi connectivity index (χ1n) is 7.54. The molecule has 0 aromatic rings. The van der Waals surface area contributed by atoms with Gasteiger partial charge in [0.15, 0.2) is 0 Å². The molecule has 5 N–H and O–H groups in total. The van der Waals surface area contributed by atoms with E-state index in [1.54, 1.807) is 0 Å². The molecule has 2 rings (SSSR count). The zero-order chi connectivity index (χ0) is 18.7. The van der Waals surface area contributed by atoms with Gasteiger partial charge in [0.05, 0.1) is 18.3 Å². The van der Waals surface area contributed by atoms with Crippen molar-refractivity contribution < 1.29 is 64.1 Å². The smallest absolute Gasteiger partial charge is 0.543 e. The van der Waals surface area contributed by atoms with Gasteiger partial charge in [-0.05, 0) is 18.4 Å². The summed E-state index contributed by atoms with van der Waals surface area (Å²) in [6.45, 7) is -0.492. The Labute approximate surface area is 175 Å². The van der Waals surface area contributed by atoms with Crippen LogP contribution in [0.25, 0.3) is 0 Å². The normalized spacial score (nSPS) is 22.7. The van der Waals surface area contributed by atoms with Gasteiger partial charge in [0.2, 0.25) is 5.91 Å². The fraction of sp³-hybridized carbons (Fsp3) is 0.571. The second-order valence-corrected chi connectivity index (χ2v) is 6.79. The number of hydrogen-bond donors (Lipinski definition) is 4. The summed E-state index contributed by atoms with van der Waals surface area (Å²) in [5.41, 5.74) is 5.20. The number of nitrogens with two attached hydrogens (primary N) is 1. The van der Waals surface area contributed by atoms with Crippen molar-refractivity contribution in [3.8, 4) is 0 Å². The van der Waals surface area contributed by atoms with Crippen molar-refractivity contribution in [2.24, 2.45) is 5.73 Å². The standard InChI is InChI=1S/C14H19N3O7S.Na/c15-7(13(21)22)2-1-3-8(19)16-9-11(20)17-10(14(23)24)6(4-18)5-25-12(9)17;/h7,9,12,18H,1-5,15H2,(H,16,19)(H,21,22)(H,23,24);/q;+1/p-1/t7-,9-,12-;/m1./s1. The molecule has 1 saturated heterocycles. The molecule has 2 heterocycles. The quantitative estimate of drug-likeness (QED) is 0.230. The van der Waals surface area contributed by atoms with Crippen LogP contribution in [0.15, 0.2) is 11.3 Å². The molecular formula is C14H18N3NaO7S. The van der Waals surface area contributed by atoms with Crippen LogP contribution in [0.5, 0.6) is 0 Å². The maximum absolute atomic E-state index is 12.2. The molecule has 0 saturated carbocycles. The number of rotatable bonds is 8. The minimum Gasteiger partial charge on any atom is -0.543 e. The fourth-order valence-corrected chi connectivity index (χ4v) is 3.98. The van der Waals surface area contributed by atoms with E-state index in [0.717, 1.165) is 4.90 Å². The Balaban J connectivity index is 0.00000338. The van der Waals surface area contributed by atoms with E-state index in [2.05, 4.69) is 5.32 Å². The Hall–Kier alpha value is -1.11. The predicted octanol–water partition coefficient (Wildman–Crippen LogP) is -6.03. The molecular weight excluding hydrogens is 377 g/mol. The molecule has 0 bridgehead atoms. The Morgan fingerprint density at radius 1 is 1.42 bits per heavy atom. The molecule has 26 heavy (non-hydrogen) atoms. The maximum atomic E-state index is 12.2. The van der Waals surface area contributed by atoms with E-state index >= 15 is 0 Å². The number of aliphatic hydroxyl groups excluding tert-OH is 1. The van der Waals surface area contributed by atoms with Crippen LogP contribution >= 0.6 is 11.8 Å². The molecule has 0 unspecified atom stereocenters. The van der Waals surface area contributed by atoms with E-state index in [1.165, 1.54) is 11.8 Å². The first-order valence-corrected chi connectivity index (χ1v) is 8.59. The average Bonchev–Trinajstić information content (AvgIpc) is 2.57. The molecule has 12 heteroatoms. The molecule has 0 aromatic heterocycles. The zero-order valence-corrected chi connectivity index (χ0v) is 17.0. The van der Waals surface area contributed by atoms with Crippen molar-refractivity contribution in [1.82, 2.24) is 10.2 Å². The molecule has 2 aliphatic heterocycles. The summed E-state index contributed by atoms with van der Waals surface area (Å²) >= 11 is 1.24. The number of thioether (sulfide) groups is 1. The predicted molar refractivity (Wildman–Crippen MR) is 83.6 cm³/mol. The summed E-state index contributed by atoms with van der Waals surface area (Å²) in [5, 5.41) is 31.0. The van der Waals surface area contributed by atoms with E-state index in [-0.39, 0.29) is 65.8 Å². The van der Waals surface area contributed by atoms with Crippen molar-refractivity contribution in [2.75, 3.05) is 12.4 Å². The fourth-order valence-electron chi connectivity index (χ4n) is 2.64. The second kappa shape index (κ2) is 9.72. The van der Waals surface area contributed by atoms with Crippen molar-refractivity contribution in [3.05, 3.63) is 11.3 Å². The van der Waals surface area contributed by atoms with Crippen LogP contribution in [0, 0.1) is 0 Å². The minimum absolute atomic E-state index is 0. The number of fused-ring (bicyclic) bond motifs is 1. The van der Waals surface area contributed by atoms with Gasteiger partial charge in [0.25, 0.3) is 5.91 Å². The summed E-state index contributed by atoms with van der Waals surface area (Å²) in [7, 11) is 0. The largest absolute Gasteiger partial charge is 1.00 e. The molecule has 0 aliphatic carbocycles. The van der Waals surface area contributed by atoms with E-state index in [9.17, 15) is 29.4 Å². The number of nitrogens with zero attached hydrogens (tertiary/aromatic N) is 1. The third kappa shape index (κ3) is 4.78. The van der Waals surface area contributed by atoms with E-state index in [0.29, 0.717) is 0 Å². The van der Waals surface area contributed by atoms with Gasteiger partial charge in [0, 0.05) is 12.2 Å². The summed E-state index contributed by atoms with van der Waals surface area (Å²) in [5.74, 6) is -3.50. The van der Waals surface area contributed by atoms with Crippen LogP contribution in [0.1, 0.15) is 19.3 Å². The number of hydrogen-bond acceptors (Lipinski definition) is 8. The number of aliphatic carboxylic acids is 2. The van der Waals surface area contributed by atoms with E-state index in [4.69, 9.17) is 10.8 Å². The Kier molecular flexibility index (Phi) is 8.57. The second-order valence-electron chi connectivity index (χ2n) is 5.69. The van der Waals surface area contributed by atoms with Crippen LogP contribution in [-0.4, -0.2) is 68.7 Å². The molecule has 0 spiro atoms. The molecule has 2 aliphatic rings. The number of carboxylic acids is 2. The number of aliphatic hydroxyl groups is 1. The number of nitrogens with one attached hydrogen (secondary N) is 1. The Bertz CT molecular complexity index is 642. The average molecular weight is 395 g/mol. The summed E-state index contributed by atoms with van der Waals surface area (Å²) in [4.78, 5) is 46.9. The molecule has 3 atom stereocenters. The van der Waals surface area contributed by atoms with Crippen LogP contribution in [-0.2, 0) is 19.2 Å². The Morgan fingerprint density at radius 2 is 2.08 bits per heavy atom. The third-order valence-corrected chi connectivity index (χ3v) is 5.32. The summed E-state index contributed by atoms with van der Waals surface area (Å²) in [6.07, 6.45) is 0.386. The van der Waals surface area contributed by atoms with Crippen LogP contribution in [0.3, 0.4) is 0 Å².